The molecule has 5 nitrogen and oxygen atoms in total. The van der Waals surface area contributed by atoms with Crippen LogP contribution in [0.25, 0.3) is 11.4 Å². The molecule has 1 aliphatic rings. The summed E-state index contributed by atoms with van der Waals surface area (Å²) in [6.07, 6.45) is 3.11. The maximum absolute atomic E-state index is 12.3. The lowest BCUT2D eigenvalue weighted by Crippen LogP contribution is -2.36. The molecule has 1 atom stereocenters. The van der Waals surface area contributed by atoms with Crippen LogP contribution in [0.1, 0.15) is 23.5 Å². The molecule has 1 unspecified atom stereocenters. The fourth-order valence-electron chi connectivity index (χ4n) is 3.28. The number of benzene rings is 1. The Labute approximate surface area is 150 Å². The quantitative estimate of drug-likeness (QED) is 0.785. The van der Waals surface area contributed by atoms with Gasteiger partial charge in [0, 0.05) is 29.4 Å². The molecule has 0 aliphatic carbocycles. The van der Waals surface area contributed by atoms with E-state index >= 15 is 0 Å². The van der Waals surface area contributed by atoms with Gasteiger partial charge in [-0.05, 0) is 24.3 Å². The van der Waals surface area contributed by atoms with E-state index in [1.807, 2.05) is 35.7 Å². The highest BCUT2D eigenvalue weighted by molar-refractivity contribution is 7.10. The summed E-state index contributed by atoms with van der Waals surface area (Å²) in [6.45, 7) is 0.830. The number of fused-ring (bicyclic) bond motifs is 1. The number of hydrogen-bond acceptors (Lipinski definition) is 4. The zero-order valence-electron chi connectivity index (χ0n) is 13.9. The van der Waals surface area contributed by atoms with Crippen molar-refractivity contribution in [2.24, 2.45) is 0 Å². The lowest BCUT2D eigenvalue weighted by atomic mass is 10.1. The van der Waals surface area contributed by atoms with Crippen LogP contribution in [0.5, 0.6) is 0 Å². The third-order valence-electron chi connectivity index (χ3n) is 4.56. The third-order valence-corrected chi connectivity index (χ3v) is 5.43. The van der Waals surface area contributed by atoms with E-state index in [0.717, 1.165) is 47.9 Å². The molecule has 0 spiro atoms. The summed E-state index contributed by atoms with van der Waals surface area (Å²) in [5.74, 6) is 2.03. The molecule has 0 saturated heterocycles. The second kappa shape index (κ2) is 7.19. The Bertz CT molecular complexity index is 842. The second-order valence-corrected chi connectivity index (χ2v) is 7.34. The summed E-state index contributed by atoms with van der Waals surface area (Å²) in [4.78, 5) is 13.4. The van der Waals surface area contributed by atoms with Gasteiger partial charge in [-0.2, -0.15) is 0 Å². The largest absolute Gasteiger partial charge is 0.353 e. The topological polar surface area (TPSA) is 59.8 Å². The van der Waals surface area contributed by atoms with Crippen molar-refractivity contribution in [3.8, 4) is 11.4 Å². The van der Waals surface area contributed by atoms with E-state index in [9.17, 15) is 4.79 Å². The zero-order valence-corrected chi connectivity index (χ0v) is 14.7. The standard InChI is InChI=1S/C19H20N4OS/c24-18(13-16-7-4-12-25-16)20-15-8-9-17-21-22-19(23(17)11-10-15)14-5-2-1-3-6-14/h1-7,12,15H,8-11,13H2,(H,20,24). The fourth-order valence-corrected chi connectivity index (χ4v) is 3.99. The van der Waals surface area contributed by atoms with Gasteiger partial charge < -0.3 is 9.88 Å². The van der Waals surface area contributed by atoms with Crippen LogP contribution in [0, 0.1) is 0 Å². The molecule has 6 heteroatoms. The van der Waals surface area contributed by atoms with Gasteiger partial charge in [0.15, 0.2) is 5.82 Å². The number of nitrogens with zero attached hydrogens (tertiary/aromatic N) is 3. The number of aromatic nitrogens is 3. The van der Waals surface area contributed by atoms with Crippen LogP contribution < -0.4 is 5.32 Å². The van der Waals surface area contributed by atoms with E-state index in [-0.39, 0.29) is 11.9 Å². The van der Waals surface area contributed by atoms with Gasteiger partial charge in [0.1, 0.15) is 5.82 Å². The molecular weight excluding hydrogens is 332 g/mol. The van der Waals surface area contributed by atoms with Crippen LogP contribution in [0.4, 0.5) is 0 Å². The number of thiophene rings is 1. The minimum absolute atomic E-state index is 0.105. The first-order chi connectivity index (χ1) is 12.3. The highest BCUT2D eigenvalue weighted by Crippen LogP contribution is 2.22. The van der Waals surface area contributed by atoms with Gasteiger partial charge in [0.25, 0.3) is 0 Å². The minimum atomic E-state index is 0.105. The van der Waals surface area contributed by atoms with Gasteiger partial charge in [-0.1, -0.05) is 36.4 Å². The average molecular weight is 352 g/mol. The molecule has 0 fully saturated rings. The van der Waals surface area contributed by atoms with E-state index in [2.05, 4.69) is 32.2 Å². The van der Waals surface area contributed by atoms with E-state index in [0.29, 0.717) is 6.42 Å². The monoisotopic (exact) mass is 352 g/mol. The summed E-state index contributed by atoms with van der Waals surface area (Å²) in [7, 11) is 0. The molecule has 4 rings (SSSR count). The molecule has 1 amide bonds. The summed E-state index contributed by atoms with van der Waals surface area (Å²) in [5, 5.41) is 13.9. The van der Waals surface area contributed by atoms with Gasteiger partial charge in [0.05, 0.1) is 6.42 Å². The molecule has 1 aromatic carbocycles. The number of carbonyl (C=O) groups excluding carboxylic acids is 1. The zero-order chi connectivity index (χ0) is 17.1. The van der Waals surface area contributed by atoms with Gasteiger partial charge in [-0.15, -0.1) is 21.5 Å². The molecular formula is C19H20N4OS. The highest BCUT2D eigenvalue weighted by Gasteiger charge is 2.22. The van der Waals surface area contributed by atoms with Crippen molar-refractivity contribution in [3.05, 3.63) is 58.5 Å². The molecule has 3 heterocycles. The van der Waals surface area contributed by atoms with E-state index in [1.54, 1.807) is 11.3 Å². The molecule has 1 aliphatic heterocycles. The van der Waals surface area contributed by atoms with Crippen molar-refractivity contribution in [2.45, 2.75) is 38.3 Å². The normalized spacial score (nSPS) is 16.9. The number of rotatable bonds is 4. The molecule has 128 valence electrons. The smallest absolute Gasteiger partial charge is 0.225 e. The lowest BCUT2D eigenvalue weighted by molar-refractivity contribution is -0.121. The second-order valence-electron chi connectivity index (χ2n) is 6.31. The number of amides is 1. The van der Waals surface area contributed by atoms with Crippen LogP contribution in [0.15, 0.2) is 47.8 Å². The van der Waals surface area contributed by atoms with E-state index in [1.165, 1.54) is 0 Å². The Morgan fingerprint density at radius 1 is 1.16 bits per heavy atom. The maximum Gasteiger partial charge on any atom is 0.225 e. The van der Waals surface area contributed by atoms with Crippen LogP contribution in [0.3, 0.4) is 0 Å². The van der Waals surface area contributed by atoms with Crippen molar-refractivity contribution in [3.63, 3.8) is 0 Å². The Balaban J connectivity index is 1.42. The van der Waals surface area contributed by atoms with Crippen LogP contribution in [-0.2, 0) is 24.2 Å². The van der Waals surface area contributed by atoms with Crippen molar-refractivity contribution in [1.29, 1.82) is 0 Å². The summed E-state index contributed by atoms with van der Waals surface area (Å²) >= 11 is 1.62. The van der Waals surface area contributed by atoms with Gasteiger partial charge >= 0.3 is 0 Å². The number of nitrogens with one attached hydrogen (secondary N) is 1. The Hall–Kier alpha value is -2.47. The van der Waals surface area contributed by atoms with Crippen LogP contribution in [-0.4, -0.2) is 26.7 Å². The van der Waals surface area contributed by atoms with Crippen molar-refractivity contribution in [2.75, 3.05) is 0 Å². The molecule has 3 aromatic rings. The highest BCUT2D eigenvalue weighted by atomic mass is 32.1. The molecule has 1 N–H and O–H groups in total. The molecule has 0 radical (unpaired) electrons. The van der Waals surface area contributed by atoms with Crippen molar-refractivity contribution >= 4 is 17.2 Å². The Kier molecular flexibility index (Phi) is 4.61. The summed E-state index contributed by atoms with van der Waals surface area (Å²) in [6, 6.07) is 14.3. The summed E-state index contributed by atoms with van der Waals surface area (Å²) in [5.41, 5.74) is 1.08. The van der Waals surface area contributed by atoms with E-state index < -0.39 is 0 Å². The molecule has 2 aromatic heterocycles. The van der Waals surface area contributed by atoms with Crippen molar-refractivity contribution < 1.29 is 4.79 Å². The Morgan fingerprint density at radius 3 is 2.84 bits per heavy atom. The first kappa shape index (κ1) is 16.0. The van der Waals surface area contributed by atoms with Crippen LogP contribution >= 0.6 is 11.3 Å². The SMILES string of the molecule is O=C(Cc1cccs1)NC1CCc2nnc(-c3ccccc3)n2CC1. The summed E-state index contributed by atoms with van der Waals surface area (Å²) < 4.78 is 2.20. The first-order valence-electron chi connectivity index (χ1n) is 8.59. The number of hydrogen-bond donors (Lipinski definition) is 1. The molecule has 0 bridgehead atoms. The van der Waals surface area contributed by atoms with E-state index in [4.69, 9.17) is 0 Å². The number of aryl methyl sites for hydroxylation is 1. The Morgan fingerprint density at radius 2 is 2.04 bits per heavy atom. The molecule has 25 heavy (non-hydrogen) atoms. The predicted octanol–water partition coefficient (Wildman–Crippen LogP) is 3.07. The fraction of sp³-hybridized carbons (Fsp3) is 0.316. The van der Waals surface area contributed by atoms with Gasteiger partial charge in [-0.25, -0.2) is 0 Å². The minimum Gasteiger partial charge on any atom is -0.353 e. The third kappa shape index (κ3) is 3.64. The van der Waals surface area contributed by atoms with Crippen LogP contribution in [0.2, 0.25) is 0 Å². The number of carbonyl (C=O) groups is 1. The maximum atomic E-state index is 12.3. The lowest BCUT2D eigenvalue weighted by Gasteiger charge is -2.16. The molecule has 0 saturated carbocycles. The van der Waals surface area contributed by atoms with Crippen molar-refractivity contribution in [1.82, 2.24) is 20.1 Å². The first-order valence-corrected chi connectivity index (χ1v) is 9.47. The predicted molar refractivity (Wildman–Crippen MR) is 98.3 cm³/mol. The average Bonchev–Trinajstić information content (AvgIpc) is 3.23. The van der Waals surface area contributed by atoms with Gasteiger partial charge in [0.2, 0.25) is 5.91 Å². The van der Waals surface area contributed by atoms with Gasteiger partial charge in [-0.3, -0.25) is 4.79 Å².